The molecule has 0 heterocycles. The predicted molar refractivity (Wildman–Crippen MR) is 82.5 cm³/mol. The summed E-state index contributed by atoms with van der Waals surface area (Å²) in [7, 11) is 0. The Morgan fingerprint density at radius 3 is 0.895 bits per heavy atom. The molecule has 0 amide bonds. The summed E-state index contributed by atoms with van der Waals surface area (Å²) in [5.74, 6) is 0. The van der Waals surface area contributed by atoms with Crippen LogP contribution in [0.2, 0.25) is 0 Å². The van der Waals surface area contributed by atoms with Crippen LogP contribution in [0.15, 0.2) is 0 Å². The van der Waals surface area contributed by atoms with Crippen LogP contribution in [0.4, 0.5) is 0 Å². The molecule has 3 saturated carbocycles. The quantitative estimate of drug-likeness (QED) is 0.669. The lowest BCUT2D eigenvalue weighted by molar-refractivity contribution is 0.0221. The van der Waals surface area contributed by atoms with Gasteiger partial charge in [0.2, 0.25) is 0 Å². The summed E-state index contributed by atoms with van der Waals surface area (Å²) in [6.45, 7) is 0. The third-order valence-corrected chi connectivity index (χ3v) is 5.99. The van der Waals surface area contributed by atoms with Crippen LogP contribution in [-0.2, 0) is 0 Å². The maximum atomic E-state index is 3.08. The van der Waals surface area contributed by atoms with Gasteiger partial charge >= 0.3 is 0 Å². The molecule has 0 aromatic carbocycles. The van der Waals surface area contributed by atoms with Crippen LogP contribution in [0.3, 0.4) is 0 Å². The van der Waals surface area contributed by atoms with Gasteiger partial charge in [-0.05, 0) is 38.5 Å². The van der Waals surface area contributed by atoms with Crippen LogP contribution >= 0.6 is 0 Å². The first-order valence-corrected chi connectivity index (χ1v) is 9.22. The van der Waals surface area contributed by atoms with Crippen molar-refractivity contribution in [3.63, 3.8) is 0 Å². The second-order valence-electron chi connectivity index (χ2n) is 7.32. The average Bonchev–Trinajstić information content (AvgIpc) is 2.51. The minimum absolute atomic E-state index is 0.958. The molecule has 0 aromatic heterocycles. The fourth-order valence-electron chi connectivity index (χ4n) is 5.03. The normalized spacial score (nSPS) is 28.9. The minimum Gasteiger partial charge on any atom is -0.294 e. The zero-order chi connectivity index (χ0) is 12.9. The van der Waals surface area contributed by atoms with Crippen LogP contribution in [0, 0.1) is 0 Å². The lowest BCUT2D eigenvalue weighted by atomic mass is 9.84. The standard InChI is InChI=1S/C18H33N/c1-4-10-16(11-5-1)19(17-12-6-2-7-13-17)18-14-8-3-9-15-18/h16-18H,1-15H2. The Kier molecular flexibility index (Phi) is 5.21. The van der Waals surface area contributed by atoms with E-state index in [2.05, 4.69) is 4.90 Å². The highest BCUT2D eigenvalue weighted by molar-refractivity contribution is 4.89. The Hall–Kier alpha value is -0.0400. The van der Waals surface area contributed by atoms with E-state index in [0.29, 0.717) is 0 Å². The summed E-state index contributed by atoms with van der Waals surface area (Å²) >= 11 is 0. The second kappa shape index (κ2) is 7.11. The lowest BCUT2D eigenvalue weighted by Gasteiger charge is -2.47. The molecule has 3 rings (SSSR count). The third kappa shape index (κ3) is 3.54. The highest BCUT2D eigenvalue weighted by Crippen LogP contribution is 2.35. The third-order valence-electron chi connectivity index (χ3n) is 5.99. The Balaban J connectivity index is 1.68. The number of hydrogen-bond donors (Lipinski definition) is 0. The summed E-state index contributed by atoms with van der Waals surface area (Å²) in [5.41, 5.74) is 0. The van der Waals surface area contributed by atoms with Crippen molar-refractivity contribution < 1.29 is 0 Å². The molecule has 19 heavy (non-hydrogen) atoms. The Labute approximate surface area is 120 Å². The largest absolute Gasteiger partial charge is 0.294 e. The second-order valence-corrected chi connectivity index (χ2v) is 7.32. The fraction of sp³-hybridized carbons (Fsp3) is 1.00. The molecule has 0 bridgehead atoms. The van der Waals surface area contributed by atoms with Crippen molar-refractivity contribution in [2.24, 2.45) is 0 Å². The van der Waals surface area contributed by atoms with Crippen molar-refractivity contribution in [3.05, 3.63) is 0 Å². The summed E-state index contributed by atoms with van der Waals surface area (Å²) in [4.78, 5) is 3.08. The predicted octanol–water partition coefficient (Wildman–Crippen LogP) is 5.29. The van der Waals surface area contributed by atoms with Gasteiger partial charge in [0.15, 0.2) is 0 Å². The fourth-order valence-corrected chi connectivity index (χ4v) is 5.03. The van der Waals surface area contributed by atoms with E-state index in [1.165, 1.54) is 96.3 Å². The number of nitrogens with zero attached hydrogens (tertiary/aromatic N) is 1. The van der Waals surface area contributed by atoms with Crippen LogP contribution in [0.25, 0.3) is 0 Å². The van der Waals surface area contributed by atoms with Crippen molar-refractivity contribution in [1.29, 1.82) is 0 Å². The van der Waals surface area contributed by atoms with Crippen molar-refractivity contribution in [2.75, 3.05) is 0 Å². The van der Waals surface area contributed by atoms with Crippen LogP contribution < -0.4 is 0 Å². The van der Waals surface area contributed by atoms with Gasteiger partial charge in [0.05, 0.1) is 0 Å². The van der Waals surface area contributed by atoms with E-state index in [1.807, 2.05) is 0 Å². The zero-order valence-electron chi connectivity index (χ0n) is 12.8. The van der Waals surface area contributed by atoms with E-state index in [4.69, 9.17) is 0 Å². The molecule has 0 aromatic rings. The topological polar surface area (TPSA) is 3.24 Å². The molecule has 0 spiro atoms. The van der Waals surface area contributed by atoms with Gasteiger partial charge in [-0.15, -0.1) is 0 Å². The molecule has 0 N–H and O–H groups in total. The molecule has 3 aliphatic rings. The molecule has 1 nitrogen and oxygen atoms in total. The van der Waals surface area contributed by atoms with Crippen molar-refractivity contribution >= 4 is 0 Å². The lowest BCUT2D eigenvalue weighted by Crippen LogP contribution is -2.51. The Bertz CT molecular complexity index is 202. The summed E-state index contributed by atoms with van der Waals surface area (Å²) in [6, 6.07) is 2.87. The minimum atomic E-state index is 0.958. The smallest absolute Gasteiger partial charge is 0.0101 e. The van der Waals surface area contributed by atoms with Crippen molar-refractivity contribution in [3.8, 4) is 0 Å². The number of hydrogen-bond acceptors (Lipinski definition) is 1. The molecule has 0 unspecified atom stereocenters. The molecular weight excluding hydrogens is 230 g/mol. The first kappa shape index (κ1) is 13.9. The highest BCUT2D eigenvalue weighted by Gasteiger charge is 2.34. The zero-order valence-corrected chi connectivity index (χ0v) is 12.8. The van der Waals surface area contributed by atoms with Crippen LogP contribution in [0.5, 0.6) is 0 Å². The van der Waals surface area contributed by atoms with Gasteiger partial charge in [-0.1, -0.05) is 57.8 Å². The van der Waals surface area contributed by atoms with Crippen molar-refractivity contribution in [2.45, 2.75) is 114 Å². The van der Waals surface area contributed by atoms with E-state index in [9.17, 15) is 0 Å². The summed E-state index contributed by atoms with van der Waals surface area (Å²) in [6.07, 6.45) is 22.5. The first-order chi connectivity index (χ1) is 9.45. The molecule has 0 saturated heterocycles. The van der Waals surface area contributed by atoms with Gasteiger partial charge in [0, 0.05) is 18.1 Å². The first-order valence-electron chi connectivity index (χ1n) is 9.22. The van der Waals surface area contributed by atoms with Gasteiger partial charge in [-0.25, -0.2) is 0 Å². The number of rotatable bonds is 3. The van der Waals surface area contributed by atoms with E-state index >= 15 is 0 Å². The average molecular weight is 263 g/mol. The molecule has 3 fully saturated rings. The molecule has 0 aliphatic heterocycles. The monoisotopic (exact) mass is 263 g/mol. The van der Waals surface area contributed by atoms with Gasteiger partial charge in [0.1, 0.15) is 0 Å². The van der Waals surface area contributed by atoms with Crippen LogP contribution in [0.1, 0.15) is 96.3 Å². The maximum Gasteiger partial charge on any atom is 0.0101 e. The highest BCUT2D eigenvalue weighted by atomic mass is 15.2. The van der Waals surface area contributed by atoms with Gasteiger partial charge < -0.3 is 0 Å². The Morgan fingerprint density at radius 1 is 0.368 bits per heavy atom. The summed E-state index contributed by atoms with van der Waals surface area (Å²) < 4.78 is 0. The van der Waals surface area contributed by atoms with Gasteiger partial charge in [-0.3, -0.25) is 4.90 Å². The SMILES string of the molecule is C1CCC(N(C2CCCCC2)C2CCCCC2)CC1. The van der Waals surface area contributed by atoms with Gasteiger partial charge in [0.25, 0.3) is 0 Å². The molecule has 1 heteroatoms. The van der Waals surface area contributed by atoms with Crippen LogP contribution in [-0.4, -0.2) is 23.0 Å². The Morgan fingerprint density at radius 2 is 0.632 bits per heavy atom. The van der Waals surface area contributed by atoms with Crippen molar-refractivity contribution in [1.82, 2.24) is 4.90 Å². The molecule has 110 valence electrons. The van der Waals surface area contributed by atoms with E-state index < -0.39 is 0 Å². The summed E-state index contributed by atoms with van der Waals surface area (Å²) in [5, 5.41) is 0. The molecule has 0 radical (unpaired) electrons. The van der Waals surface area contributed by atoms with E-state index in [0.717, 1.165) is 18.1 Å². The molecule has 3 aliphatic carbocycles. The van der Waals surface area contributed by atoms with E-state index in [1.54, 1.807) is 0 Å². The maximum absolute atomic E-state index is 3.08. The van der Waals surface area contributed by atoms with E-state index in [-0.39, 0.29) is 0 Å². The van der Waals surface area contributed by atoms with Gasteiger partial charge in [-0.2, -0.15) is 0 Å². The molecule has 0 atom stereocenters. The molecular formula is C18H33N.